The summed E-state index contributed by atoms with van der Waals surface area (Å²) in [5.41, 5.74) is 0. The molecule has 0 unspecified atom stereocenters. The smallest absolute Gasteiger partial charge is 0.223 e. The Morgan fingerprint density at radius 3 is 2.38 bits per heavy atom. The maximum absolute atomic E-state index is 11.6. The van der Waals surface area contributed by atoms with Gasteiger partial charge >= 0.3 is 0 Å². The predicted molar refractivity (Wildman–Crippen MR) is 82.6 cm³/mol. The zero-order valence-corrected chi connectivity index (χ0v) is 13.5. The molecule has 0 radical (unpaired) electrons. The van der Waals surface area contributed by atoms with Gasteiger partial charge in [-0.2, -0.15) is 0 Å². The highest BCUT2D eigenvalue weighted by molar-refractivity contribution is 6.18. The lowest BCUT2D eigenvalue weighted by molar-refractivity contribution is -0.129. The molecule has 1 amide bonds. The topological polar surface area (TPSA) is 48.0 Å². The fraction of sp³-hybridized carbons (Fsp3) is 0.533. The standard InChI is InChI=1S/C15H22ClNO4/c1-17(14(18)8-9-16)10-5-11-21-15-12(19-2)6-4-7-13(15)20-3/h4,6-7H,5,8-11H2,1-3H3. The lowest BCUT2D eigenvalue weighted by atomic mass is 10.3. The van der Waals surface area contributed by atoms with Gasteiger partial charge in [0, 0.05) is 25.9 Å². The molecular weight excluding hydrogens is 294 g/mol. The number of rotatable bonds is 9. The molecule has 1 rings (SSSR count). The molecule has 1 aromatic carbocycles. The Kier molecular flexibility index (Phi) is 7.75. The molecule has 0 aliphatic carbocycles. The molecular formula is C15H22ClNO4. The van der Waals surface area contributed by atoms with Crippen LogP contribution in [-0.2, 0) is 4.79 Å². The van der Waals surface area contributed by atoms with Crippen LogP contribution in [0, 0.1) is 0 Å². The van der Waals surface area contributed by atoms with Crippen molar-refractivity contribution in [1.29, 1.82) is 0 Å². The molecule has 0 N–H and O–H groups in total. The summed E-state index contributed by atoms with van der Waals surface area (Å²) in [6, 6.07) is 5.46. The Morgan fingerprint density at radius 2 is 1.86 bits per heavy atom. The van der Waals surface area contributed by atoms with Gasteiger partial charge in [-0.05, 0) is 18.6 Å². The Labute approximate surface area is 130 Å². The van der Waals surface area contributed by atoms with Crippen LogP contribution in [-0.4, -0.2) is 51.1 Å². The van der Waals surface area contributed by atoms with Gasteiger partial charge in [0.25, 0.3) is 0 Å². The van der Waals surface area contributed by atoms with Gasteiger partial charge in [0.2, 0.25) is 11.7 Å². The second kappa shape index (κ2) is 9.34. The van der Waals surface area contributed by atoms with Crippen molar-refractivity contribution in [3.63, 3.8) is 0 Å². The number of nitrogens with zero attached hydrogens (tertiary/aromatic N) is 1. The third kappa shape index (κ3) is 5.34. The van der Waals surface area contributed by atoms with Gasteiger partial charge in [-0.15, -0.1) is 11.6 Å². The number of carbonyl (C=O) groups excluding carboxylic acids is 1. The van der Waals surface area contributed by atoms with Crippen LogP contribution in [0.5, 0.6) is 17.2 Å². The van der Waals surface area contributed by atoms with Crippen molar-refractivity contribution < 1.29 is 19.0 Å². The number of ether oxygens (including phenoxy) is 3. The first-order valence-corrected chi connectivity index (χ1v) is 7.31. The van der Waals surface area contributed by atoms with Crippen molar-refractivity contribution in [2.45, 2.75) is 12.8 Å². The van der Waals surface area contributed by atoms with Crippen molar-refractivity contribution in [1.82, 2.24) is 4.90 Å². The van der Waals surface area contributed by atoms with E-state index in [0.717, 1.165) is 0 Å². The van der Waals surface area contributed by atoms with Crippen molar-refractivity contribution >= 4 is 17.5 Å². The first kappa shape index (κ1) is 17.4. The van der Waals surface area contributed by atoms with Crippen LogP contribution in [0.15, 0.2) is 18.2 Å². The molecule has 1 aromatic rings. The van der Waals surface area contributed by atoms with Crippen molar-refractivity contribution in [3.05, 3.63) is 18.2 Å². The molecule has 0 heterocycles. The summed E-state index contributed by atoms with van der Waals surface area (Å²) in [6.45, 7) is 1.09. The first-order valence-electron chi connectivity index (χ1n) is 6.77. The average Bonchev–Trinajstić information content (AvgIpc) is 2.51. The van der Waals surface area contributed by atoms with Crippen molar-refractivity contribution in [3.8, 4) is 17.2 Å². The fourth-order valence-electron chi connectivity index (χ4n) is 1.83. The molecule has 0 aromatic heterocycles. The third-order valence-electron chi connectivity index (χ3n) is 3.00. The number of carbonyl (C=O) groups is 1. The summed E-state index contributed by atoms with van der Waals surface area (Å²) < 4.78 is 16.2. The van der Waals surface area contributed by atoms with Gasteiger partial charge in [-0.1, -0.05) is 6.07 Å². The monoisotopic (exact) mass is 315 g/mol. The number of amides is 1. The zero-order valence-electron chi connectivity index (χ0n) is 12.7. The van der Waals surface area contributed by atoms with Crippen LogP contribution in [0.2, 0.25) is 0 Å². The van der Waals surface area contributed by atoms with E-state index in [1.807, 2.05) is 18.2 Å². The molecule has 0 aliphatic heterocycles. The van der Waals surface area contributed by atoms with Crippen LogP contribution in [0.1, 0.15) is 12.8 Å². The predicted octanol–water partition coefficient (Wildman–Crippen LogP) is 2.56. The van der Waals surface area contributed by atoms with Gasteiger partial charge in [0.05, 0.1) is 20.8 Å². The average molecular weight is 316 g/mol. The second-order valence-corrected chi connectivity index (χ2v) is 4.83. The summed E-state index contributed by atoms with van der Waals surface area (Å²) in [5.74, 6) is 2.22. The highest BCUT2D eigenvalue weighted by Gasteiger charge is 2.12. The minimum atomic E-state index is 0.0415. The normalized spacial score (nSPS) is 10.1. The third-order valence-corrected chi connectivity index (χ3v) is 3.19. The SMILES string of the molecule is COc1cccc(OC)c1OCCCN(C)C(=O)CCCl. The van der Waals surface area contributed by atoms with E-state index in [9.17, 15) is 4.79 Å². The Morgan fingerprint density at radius 1 is 1.24 bits per heavy atom. The number of benzene rings is 1. The quantitative estimate of drug-likeness (QED) is 0.519. The van der Waals surface area contributed by atoms with E-state index in [0.29, 0.717) is 49.1 Å². The zero-order chi connectivity index (χ0) is 15.7. The second-order valence-electron chi connectivity index (χ2n) is 4.45. The van der Waals surface area contributed by atoms with E-state index in [1.54, 1.807) is 26.2 Å². The number of para-hydroxylation sites is 1. The molecule has 0 atom stereocenters. The van der Waals surface area contributed by atoms with Crippen LogP contribution in [0.4, 0.5) is 0 Å². The Balaban J connectivity index is 2.47. The van der Waals surface area contributed by atoms with E-state index < -0.39 is 0 Å². The van der Waals surface area contributed by atoms with Gasteiger partial charge in [-0.25, -0.2) is 0 Å². The van der Waals surface area contributed by atoms with Crippen LogP contribution >= 0.6 is 11.6 Å². The summed E-state index contributed by atoms with van der Waals surface area (Å²) in [5, 5.41) is 0. The number of alkyl halides is 1. The Bertz CT molecular complexity index is 431. The summed E-state index contributed by atoms with van der Waals surface area (Å²) >= 11 is 5.55. The lowest BCUT2D eigenvalue weighted by Gasteiger charge is -2.18. The van der Waals surface area contributed by atoms with Crippen LogP contribution < -0.4 is 14.2 Å². The molecule has 0 fully saturated rings. The van der Waals surface area contributed by atoms with E-state index in [2.05, 4.69) is 0 Å². The van der Waals surface area contributed by atoms with Gasteiger partial charge in [-0.3, -0.25) is 4.79 Å². The lowest BCUT2D eigenvalue weighted by Crippen LogP contribution is -2.28. The molecule has 0 spiro atoms. The van der Waals surface area contributed by atoms with Gasteiger partial charge < -0.3 is 19.1 Å². The van der Waals surface area contributed by atoms with Crippen molar-refractivity contribution in [2.75, 3.05) is 40.3 Å². The number of hydrogen-bond donors (Lipinski definition) is 0. The maximum atomic E-state index is 11.6. The van der Waals surface area contributed by atoms with E-state index in [4.69, 9.17) is 25.8 Å². The van der Waals surface area contributed by atoms with Gasteiger partial charge in [0.15, 0.2) is 11.5 Å². The number of halogens is 1. The summed E-state index contributed by atoms with van der Waals surface area (Å²) in [4.78, 5) is 13.2. The fourth-order valence-corrected chi connectivity index (χ4v) is 1.99. The summed E-state index contributed by atoms with van der Waals surface area (Å²) in [6.07, 6.45) is 1.07. The summed E-state index contributed by atoms with van der Waals surface area (Å²) in [7, 11) is 4.93. The minimum Gasteiger partial charge on any atom is -0.493 e. The molecule has 0 aliphatic rings. The maximum Gasteiger partial charge on any atom is 0.223 e. The van der Waals surface area contributed by atoms with E-state index >= 15 is 0 Å². The highest BCUT2D eigenvalue weighted by Crippen LogP contribution is 2.36. The van der Waals surface area contributed by atoms with Crippen LogP contribution in [0.25, 0.3) is 0 Å². The Hall–Kier alpha value is -1.62. The first-order chi connectivity index (χ1) is 10.1. The number of methoxy groups -OCH3 is 2. The van der Waals surface area contributed by atoms with Crippen molar-refractivity contribution in [2.24, 2.45) is 0 Å². The number of hydrogen-bond acceptors (Lipinski definition) is 4. The van der Waals surface area contributed by atoms with E-state index in [-0.39, 0.29) is 5.91 Å². The molecule has 21 heavy (non-hydrogen) atoms. The highest BCUT2D eigenvalue weighted by atomic mass is 35.5. The van der Waals surface area contributed by atoms with E-state index in [1.165, 1.54) is 0 Å². The molecule has 0 saturated carbocycles. The molecule has 6 heteroatoms. The largest absolute Gasteiger partial charge is 0.493 e. The molecule has 0 saturated heterocycles. The van der Waals surface area contributed by atoms with Crippen LogP contribution in [0.3, 0.4) is 0 Å². The molecule has 5 nitrogen and oxygen atoms in total. The van der Waals surface area contributed by atoms with Gasteiger partial charge in [0.1, 0.15) is 0 Å². The molecule has 118 valence electrons. The molecule has 0 bridgehead atoms. The minimum absolute atomic E-state index is 0.0415.